The molecular formula is C42H26O. The molecule has 0 aliphatic heterocycles. The fourth-order valence-electron chi connectivity index (χ4n) is 6.22. The summed E-state index contributed by atoms with van der Waals surface area (Å²) in [5.41, 5.74) is 1.81. The van der Waals surface area contributed by atoms with Crippen molar-refractivity contribution < 1.29 is 19.5 Å². The van der Waals surface area contributed by atoms with Gasteiger partial charge in [0.1, 0.15) is 11.2 Å². The smallest absolute Gasteiger partial charge is 0.143 e. The summed E-state index contributed by atoms with van der Waals surface area (Å²) in [5.74, 6) is 0. The summed E-state index contributed by atoms with van der Waals surface area (Å²) in [5, 5.41) is 3.87. The summed E-state index contributed by atoms with van der Waals surface area (Å²) in [6.07, 6.45) is 0. The summed E-state index contributed by atoms with van der Waals surface area (Å²) in [6, 6.07) is 23.7. The van der Waals surface area contributed by atoms with Crippen LogP contribution in [0.4, 0.5) is 0 Å². The molecule has 0 aliphatic carbocycles. The molecule has 0 saturated heterocycles. The Kier molecular flexibility index (Phi) is 3.41. The maximum Gasteiger partial charge on any atom is 0.143 e. The quantitative estimate of drug-likeness (QED) is 0.197. The lowest BCUT2D eigenvalue weighted by atomic mass is 9.85. The Bertz CT molecular complexity index is 3070. The van der Waals surface area contributed by atoms with Crippen LogP contribution in [-0.2, 0) is 0 Å². The highest BCUT2D eigenvalue weighted by molar-refractivity contribution is 6.24. The molecule has 0 N–H and O–H groups in total. The van der Waals surface area contributed by atoms with E-state index in [1.807, 2.05) is 66.7 Å². The van der Waals surface area contributed by atoms with E-state index in [0.29, 0.717) is 38.2 Å². The van der Waals surface area contributed by atoms with Crippen molar-refractivity contribution in [1.82, 2.24) is 0 Å². The van der Waals surface area contributed by atoms with Gasteiger partial charge in [0.05, 0.1) is 15.1 Å². The summed E-state index contributed by atoms with van der Waals surface area (Å²) < 4.78 is 104. The van der Waals surface area contributed by atoms with Crippen molar-refractivity contribution in [2.45, 2.75) is 0 Å². The van der Waals surface area contributed by atoms with E-state index < -0.39 is 36.3 Å². The molecule has 0 bridgehead atoms. The van der Waals surface area contributed by atoms with Gasteiger partial charge < -0.3 is 4.42 Å². The topological polar surface area (TPSA) is 13.1 Å². The second-order valence-electron chi connectivity index (χ2n) is 10.4. The normalized spacial score (nSPS) is 15.3. The van der Waals surface area contributed by atoms with Crippen LogP contribution in [-0.4, -0.2) is 0 Å². The van der Waals surface area contributed by atoms with Gasteiger partial charge in [-0.15, -0.1) is 0 Å². The average Bonchev–Trinajstić information content (AvgIpc) is 3.59. The van der Waals surface area contributed by atoms with E-state index in [1.54, 1.807) is 24.3 Å². The highest BCUT2D eigenvalue weighted by atomic mass is 16.3. The zero-order chi connectivity index (χ0) is 37.9. The molecule has 1 nitrogen and oxygen atoms in total. The first kappa shape index (κ1) is 15.5. The summed E-state index contributed by atoms with van der Waals surface area (Å²) in [4.78, 5) is 0. The van der Waals surface area contributed by atoms with Gasteiger partial charge in [-0.2, -0.15) is 0 Å². The molecule has 1 heteroatoms. The molecule has 0 atom stereocenters. The van der Waals surface area contributed by atoms with E-state index in [9.17, 15) is 4.11 Å². The predicted octanol–water partition coefficient (Wildman–Crippen LogP) is 12.0. The number of hydrogen-bond acceptors (Lipinski definition) is 1. The van der Waals surface area contributed by atoms with Gasteiger partial charge in [0.15, 0.2) is 0 Å². The van der Waals surface area contributed by atoms with Crippen LogP contribution in [0.1, 0.15) is 15.1 Å². The minimum atomic E-state index is -0.509. The summed E-state index contributed by atoms with van der Waals surface area (Å²) >= 11 is 0. The molecule has 1 heterocycles. The molecule has 1 aromatic heterocycles. The van der Waals surface area contributed by atoms with Gasteiger partial charge >= 0.3 is 0 Å². The van der Waals surface area contributed by atoms with E-state index in [1.165, 1.54) is 0 Å². The molecule has 0 amide bonds. The lowest BCUT2D eigenvalue weighted by Crippen LogP contribution is -1.91. The molecule has 0 saturated carbocycles. The van der Waals surface area contributed by atoms with Gasteiger partial charge in [0.2, 0.25) is 0 Å². The molecule has 0 aliphatic rings. The number of fused-ring (bicyclic) bond motifs is 6. The first-order chi connectivity index (χ1) is 25.9. The van der Waals surface area contributed by atoms with E-state index in [-0.39, 0.29) is 68.8 Å². The molecule has 9 aromatic rings. The molecule has 9 rings (SSSR count). The zero-order valence-corrected chi connectivity index (χ0v) is 22.6. The molecule has 8 aromatic carbocycles. The number of rotatable bonds is 3. The lowest BCUT2D eigenvalue weighted by molar-refractivity contribution is 0.670. The zero-order valence-electron chi connectivity index (χ0n) is 33.6. The van der Waals surface area contributed by atoms with E-state index >= 15 is 0 Å². The second-order valence-corrected chi connectivity index (χ2v) is 10.4. The number of para-hydroxylation sites is 2. The van der Waals surface area contributed by atoms with Gasteiger partial charge in [-0.25, -0.2) is 0 Å². The third kappa shape index (κ3) is 3.65. The third-order valence-electron chi connectivity index (χ3n) is 8.05. The Morgan fingerprint density at radius 1 is 0.419 bits per heavy atom. The van der Waals surface area contributed by atoms with Gasteiger partial charge in [-0.3, -0.25) is 0 Å². The third-order valence-corrected chi connectivity index (χ3v) is 8.05. The highest BCUT2D eigenvalue weighted by Crippen LogP contribution is 2.46. The van der Waals surface area contributed by atoms with Crippen molar-refractivity contribution in [2.24, 2.45) is 0 Å². The molecule has 0 radical (unpaired) electrons. The van der Waals surface area contributed by atoms with E-state index in [4.69, 9.17) is 15.4 Å². The molecule has 200 valence electrons. The van der Waals surface area contributed by atoms with Crippen LogP contribution in [0.3, 0.4) is 0 Å². The van der Waals surface area contributed by atoms with Crippen molar-refractivity contribution in [3.05, 3.63) is 157 Å². The molecule has 0 spiro atoms. The molecule has 43 heavy (non-hydrogen) atoms. The Balaban J connectivity index is 1.46. The van der Waals surface area contributed by atoms with Crippen molar-refractivity contribution in [1.29, 1.82) is 0 Å². The van der Waals surface area contributed by atoms with Crippen molar-refractivity contribution >= 4 is 54.3 Å². The maximum atomic E-state index is 9.69. The van der Waals surface area contributed by atoms with Crippen molar-refractivity contribution in [2.75, 3.05) is 0 Å². The van der Waals surface area contributed by atoms with Crippen LogP contribution in [0.15, 0.2) is 162 Å². The monoisotopic (exact) mass is 557 g/mol. The van der Waals surface area contributed by atoms with Crippen LogP contribution in [0.25, 0.3) is 87.6 Å². The summed E-state index contributed by atoms with van der Waals surface area (Å²) in [7, 11) is 0. The van der Waals surface area contributed by atoms with Crippen LogP contribution < -0.4 is 0 Å². The van der Waals surface area contributed by atoms with E-state index in [0.717, 1.165) is 10.8 Å². The number of furan rings is 1. The molecule has 0 unspecified atom stereocenters. The van der Waals surface area contributed by atoms with E-state index in [2.05, 4.69) is 0 Å². The number of hydrogen-bond donors (Lipinski definition) is 0. The van der Waals surface area contributed by atoms with Gasteiger partial charge in [-0.1, -0.05) is 145 Å². The van der Waals surface area contributed by atoms with Gasteiger partial charge in [0.25, 0.3) is 0 Å². The highest BCUT2D eigenvalue weighted by Gasteiger charge is 2.20. The Labute approximate surface area is 264 Å². The largest absolute Gasteiger partial charge is 0.455 e. The van der Waals surface area contributed by atoms with Gasteiger partial charge in [0, 0.05) is 21.9 Å². The predicted molar refractivity (Wildman–Crippen MR) is 183 cm³/mol. The second kappa shape index (κ2) is 9.44. The van der Waals surface area contributed by atoms with Crippen molar-refractivity contribution in [3.8, 4) is 33.4 Å². The lowest BCUT2D eigenvalue weighted by Gasteiger charge is -2.18. The Morgan fingerprint density at radius 2 is 1.02 bits per heavy atom. The SMILES string of the molecule is [2H]c1c([2H])c(-c2cccc3ccccc23)c([2H])c(-c2c3ccccc3c(-c3c([2H])c([2H])c([2H])c4c3oc3c([2H])c([2H])c([2H])c([2H])c34)c3ccccc23)c1[2H]. The van der Waals surface area contributed by atoms with Gasteiger partial charge in [-0.05, 0) is 66.7 Å². The van der Waals surface area contributed by atoms with Crippen LogP contribution >= 0.6 is 0 Å². The number of benzene rings is 8. The minimum Gasteiger partial charge on any atom is -0.455 e. The first-order valence-electron chi connectivity index (χ1n) is 19.4. The van der Waals surface area contributed by atoms with Crippen LogP contribution in [0, 0.1) is 0 Å². The Morgan fingerprint density at radius 3 is 1.81 bits per heavy atom. The molecular weight excluding hydrogens is 520 g/mol. The summed E-state index contributed by atoms with van der Waals surface area (Å²) in [6.45, 7) is 0. The average molecular weight is 558 g/mol. The van der Waals surface area contributed by atoms with Crippen LogP contribution in [0.5, 0.6) is 0 Å². The fourth-order valence-corrected chi connectivity index (χ4v) is 6.22. The van der Waals surface area contributed by atoms with Crippen LogP contribution in [0.2, 0.25) is 0 Å². The maximum absolute atomic E-state index is 9.69. The fraction of sp³-hybridized carbons (Fsp3) is 0. The standard InChI is InChI=1S/C42H26O/c1-2-16-30-27(12-1)13-10-22-31(30)28-14-9-15-29(26-28)40-33-18-3-5-20-35(33)41(36-21-6-4-19-34(36)40)38-24-11-23-37-32-17-7-8-25-39(32)43-42(37)38/h1-26H/i7D,8D,9D,11D,14D,15D,17D,23D,24D,25D,26D. The Hall–Kier alpha value is -5.66. The minimum absolute atomic E-state index is 0.00302. The molecule has 0 fully saturated rings. The first-order valence-corrected chi connectivity index (χ1v) is 13.9. The van der Waals surface area contributed by atoms with Crippen molar-refractivity contribution in [3.63, 3.8) is 0 Å².